The Balaban J connectivity index is 0.00000225. The van der Waals surface area contributed by atoms with E-state index in [9.17, 15) is 13.2 Å². The highest BCUT2D eigenvalue weighted by atomic mass is 35.5. The summed E-state index contributed by atoms with van der Waals surface area (Å²) >= 11 is 5.46. The van der Waals surface area contributed by atoms with E-state index in [0.717, 1.165) is 12.1 Å². The summed E-state index contributed by atoms with van der Waals surface area (Å²) in [6.45, 7) is -0.346. The molecule has 0 heterocycles. The van der Waals surface area contributed by atoms with Crippen molar-refractivity contribution in [3.63, 3.8) is 0 Å². The van der Waals surface area contributed by atoms with Crippen LogP contribution in [-0.2, 0) is 6.18 Å². The van der Waals surface area contributed by atoms with Gasteiger partial charge in [-0.3, -0.25) is 0 Å². The molecular weight excluding hydrogens is 266 g/mol. The van der Waals surface area contributed by atoms with Gasteiger partial charge in [-0.15, -0.1) is 12.4 Å². The van der Waals surface area contributed by atoms with Crippen LogP contribution in [0.5, 0.6) is 0 Å². The van der Waals surface area contributed by atoms with Gasteiger partial charge in [0.1, 0.15) is 0 Å². The molecule has 16 heavy (non-hydrogen) atoms. The van der Waals surface area contributed by atoms with Gasteiger partial charge >= 0.3 is 6.18 Å². The fourth-order valence-corrected chi connectivity index (χ4v) is 1.39. The quantitative estimate of drug-likeness (QED) is 0.872. The number of aliphatic hydroxyl groups excluding tert-OH is 1. The molecule has 0 unspecified atom stereocenters. The Labute approximate surface area is 102 Å². The van der Waals surface area contributed by atoms with Crippen molar-refractivity contribution in [2.45, 2.75) is 12.2 Å². The van der Waals surface area contributed by atoms with E-state index in [1.165, 1.54) is 6.07 Å². The predicted molar refractivity (Wildman–Crippen MR) is 57.7 cm³/mol. The van der Waals surface area contributed by atoms with E-state index >= 15 is 0 Å². The smallest absolute Gasteiger partial charge is 0.394 e. The molecule has 0 radical (unpaired) electrons. The SMILES string of the molecule is Cl.N[C@@H](CO)c1ccc(C(F)(F)F)c(Cl)c1. The van der Waals surface area contributed by atoms with Crippen LogP contribution in [0.2, 0.25) is 5.02 Å². The standard InChI is InChI=1S/C9H9ClF3NO.ClH/c10-7-3-5(8(14)4-15)1-2-6(7)9(11,12)13;/h1-3,8,15H,4,14H2;1H/t8-;/m0./s1. The van der Waals surface area contributed by atoms with Crippen LogP contribution in [-0.4, -0.2) is 11.7 Å². The summed E-state index contributed by atoms with van der Waals surface area (Å²) in [6.07, 6.45) is -4.47. The van der Waals surface area contributed by atoms with Gasteiger partial charge in [-0.1, -0.05) is 17.7 Å². The molecule has 0 fully saturated rings. The summed E-state index contributed by atoms with van der Waals surface area (Å²) in [7, 11) is 0. The van der Waals surface area contributed by atoms with Crippen molar-refractivity contribution in [3.05, 3.63) is 34.3 Å². The minimum atomic E-state index is -4.47. The Morgan fingerprint density at radius 3 is 2.31 bits per heavy atom. The number of hydrogen-bond donors (Lipinski definition) is 2. The topological polar surface area (TPSA) is 46.2 Å². The van der Waals surface area contributed by atoms with Crippen LogP contribution in [0.1, 0.15) is 17.2 Å². The first-order valence-corrected chi connectivity index (χ1v) is 4.47. The fraction of sp³-hybridized carbons (Fsp3) is 0.333. The minimum absolute atomic E-state index is 0. The Morgan fingerprint density at radius 1 is 1.38 bits per heavy atom. The zero-order valence-electron chi connectivity index (χ0n) is 7.96. The molecule has 7 heteroatoms. The highest BCUT2D eigenvalue weighted by molar-refractivity contribution is 6.31. The molecule has 0 aliphatic heterocycles. The highest BCUT2D eigenvalue weighted by Crippen LogP contribution is 2.35. The third-order valence-electron chi connectivity index (χ3n) is 1.92. The van der Waals surface area contributed by atoms with Crippen molar-refractivity contribution in [3.8, 4) is 0 Å². The van der Waals surface area contributed by atoms with Gasteiger partial charge in [0.15, 0.2) is 0 Å². The van der Waals surface area contributed by atoms with Crippen LogP contribution in [0.4, 0.5) is 13.2 Å². The van der Waals surface area contributed by atoms with Gasteiger partial charge in [0.2, 0.25) is 0 Å². The molecule has 0 saturated carbocycles. The third-order valence-corrected chi connectivity index (χ3v) is 2.24. The molecule has 1 aromatic rings. The Bertz CT molecular complexity index is 357. The lowest BCUT2D eigenvalue weighted by Crippen LogP contribution is -2.15. The number of aliphatic hydroxyl groups is 1. The van der Waals surface area contributed by atoms with Crippen LogP contribution in [0.15, 0.2) is 18.2 Å². The Morgan fingerprint density at radius 2 is 1.94 bits per heavy atom. The zero-order chi connectivity index (χ0) is 11.6. The van der Waals surface area contributed by atoms with E-state index < -0.39 is 22.8 Å². The molecule has 1 rings (SSSR count). The maximum absolute atomic E-state index is 12.3. The van der Waals surface area contributed by atoms with E-state index in [4.69, 9.17) is 22.4 Å². The van der Waals surface area contributed by atoms with Crippen molar-refractivity contribution in [1.29, 1.82) is 0 Å². The molecule has 0 spiro atoms. The summed E-state index contributed by atoms with van der Waals surface area (Å²) < 4.78 is 36.9. The van der Waals surface area contributed by atoms with Crippen molar-refractivity contribution in [2.75, 3.05) is 6.61 Å². The molecule has 2 nitrogen and oxygen atoms in total. The van der Waals surface area contributed by atoms with Crippen molar-refractivity contribution in [2.24, 2.45) is 5.73 Å². The molecule has 0 saturated heterocycles. The molecule has 92 valence electrons. The molecule has 0 amide bonds. The van der Waals surface area contributed by atoms with Gasteiger partial charge in [0, 0.05) is 0 Å². The molecule has 1 atom stereocenters. The Hall–Kier alpha value is -0.490. The zero-order valence-corrected chi connectivity index (χ0v) is 9.53. The summed E-state index contributed by atoms with van der Waals surface area (Å²) in [5.74, 6) is 0. The Kier molecular flexibility index (Phi) is 5.55. The molecule has 0 aliphatic rings. The second-order valence-electron chi connectivity index (χ2n) is 3.03. The lowest BCUT2D eigenvalue weighted by Gasteiger charge is -2.13. The predicted octanol–water partition coefficient (Wildman–Crippen LogP) is 2.77. The first-order chi connectivity index (χ1) is 6.86. The monoisotopic (exact) mass is 275 g/mol. The summed E-state index contributed by atoms with van der Waals surface area (Å²) in [5.41, 5.74) is 4.90. The average molecular weight is 276 g/mol. The van der Waals surface area contributed by atoms with E-state index in [0.29, 0.717) is 5.56 Å². The maximum atomic E-state index is 12.3. The van der Waals surface area contributed by atoms with Crippen LogP contribution in [0.3, 0.4) is 0 Å². The first-order valence-electron chi connectivity index (χ1n) is 4.09. The second-order valence-corrected chi connectivity index (χ2v) is 3.43. The van der Waals surface area contributed by atoms with Crippen molar-refractivity contribution < 1.29 is 18.3 Å². The summed E-state index contributed by atoms with van der Waals surface area (Å²) in [6, 6.07) is 2.46. The molecule has 0 aliphatic carbocycles. The lowest BCUT2D eigenvalue weighted by molar-refractivity contribution is -0.137. The molecule has 1 aromatic carbocycles. The normalized spacial score (nSPS) is 13.1. The van der Waals surface area contributed by atoms with Gasteiger partial charge < -0.3 is 10.8 Å². The van der Waals surface area contributed by atoms with Gasteiger partial charge in [-0.2, -0.15) is 13.2 Å². The molecular formula is C9H10Cl2F3NO. The van der Waals surface area contributed by atoms with Crippen molar-refractivity contribution >= 4 is 24.0 Å². The third kappa shape index (κ3) is 3.52. The second kappa shape index (κ2) is 5.72. The average Bonchev–Trinajstić information content (AvgIpc) is 2.14. The van der Waals surface area contributed by atoms with Gasteiger partial charge in [0.05, 0.1) is 23.2 Å². The van der Waals surface area contributed by atoms with Crippen LogP contribution in [0.25, 0.3) is 0 Å². The largest absolute Gasteiger partial charge is 0.417 e. The highest BCUT2D eigenvalue weighted by Gasteiger charge is 2.33. The number of rotatable bonds is 2. The summed E-state index contributed by atoms with van der Waals surface area (Å²) in [4.78, 5) is 0. The first kappa shape index (κ1) is 15.5. The van der Waals surface area contributed by atoms with Gasteiger partial charge in [-0.05, 0) is 17.7 Å². The van der Waals surface area contributed by atoms with Gasteiger partial charge in [-0.25, -0.2) is 0 Å². The van der Waals surface area contributed by atoms with E-state index in [1.807, 2.05) is 0 Å². The van der Waals surface area contributed by atoms with E-state index in [-0.39, 0.29) is 19.0 Å². The van der Waals surface area contributed by atoms with Crippen LogP contribution < -0.4 is 5.73 Å². The molecule has 0 aromatic heterocycles. The number of halogens is 5. The number of hydrogen-bond acceptors (Lipinski definition) is 2. The van der Waals surface area contributed by atoms with Crippen molar-refractivity contribution in [1.82, 2.24) is 0 Å². The van der Waals surface area contributed by atoms with Crippen LogP contribution >= 0.6 is 24.0 Å². The van der Waals surface area contributed by atoms with Gasteiger partial charge in [0.25, 0.3) is 0 Å². The fourth-order valence-electron chi connectivity index (χ4n) is 1.10. The summed E-state index contributed by atoms with van der Waals surface area (Å²) in [5, 5.41) is 8.30. The maximum Gasteiger partial charge on any atom is 0.417 e. The molecule has 3 N–H and O–H groups in total. The van der Waals surface area contributed by atoms with Crippen LogP contribution in [0, 0.1) is 0 Å². The van der Waals surface area contributed by atoms with E-state index in [1.54, 1.807) is 0 Å². The molecule has 0 bridgehead atoms. The number of alkyl halides is 3. The lowest BCUT2D eigenvalue weighted by atomic mass is 10.1. The number of benzene rings is 1. The van der Waals surface area contributed by atoms with E-state index in [2.05, 4.69) is 0 Å². The minimum Gasteiger partial charge on any atom is -0.394 e. The number of nitrogens with two attached hydrogens (primary N) is 1.